The number of nitrogens with zero attached hydrogens (tertiary/aromatic N) is 3. The van der Waals surface area contributed by atoms with Gasteiger partial charge in [0.15, 0.2) is 5.82 Å². The van der Waals surface area contributed by atoms with E-state index in [1.807, 2.05) is 65.3 Å². The van der Waals surface area contributed by atoms with Crippen molar-refractivity contribution in [3.05, 3.63) is 132 Å². The van der Waals surface area contributed by atoms with Gasteiger partial charge in [-0.25, -0.2) is 4.98 Å². The zero-order valence-corrected chi connectivity index (χ0v) is 17.6. The third-order valence-electron chi connectivity index (χ3n) is 5.29. The SMILES string of the molecule is c1ccc(COc2c(Cc3ccccc3)c(-c3ccccc3)nn2-c2ccccn2)cc1. The van der Waals surface area contributed by atoms with Crippen molar-refractivity contribution in [2.45, 2.75) is 13.0 Å². The molecule has 0 N–H and O–H groups in total. The Bertz CT molecular complexity index is 1270. The van der Waals surface area contributed by atoms with Crippen LogP contribution in [0.1, 0.15) is 16.7 Å². The van der Waals surface area contributed by atoms with Crippen molar-refractivity contribution in [2.75, 3.05) is 0 Å². The summed E-state index contributed by atoms with van der Waals surface area (Å²) in [7, 11) is 0. The van der Waals surface area contributed by atoms with Crippen molar-refractivity contribution in [1.29, 1.82) is 0 Å². The molecule has 0 aliphatic carbocycles. The van der Waals surface area contributed by atoms with E-state index in [0.717, 1.165) is 34.1 Å². The first kappa shape index (κ1) is 19.8. The van der Waals surface area contributed by atoms with Gasteiger partial charge in [-0.15, -0.1) is 0 Å². The molecule has 156 valence electrons. The first-order valence-electron chi connectivity index (χ1n) is 10.7. The molecule has 0 aliphatic rings. The molecule has 4 heteroatoms. The minimum atomic E-state index is 0.454. The average Bonchev–Trinajstić information content (AvgIpc) is 3.23. The lowest BCUT2D eigenvalue weighted by molar-refractivity contribution is 0.281. The minimum Gasteiger partial charge on any atom is -0.472 e. The molecule has 0 bridgehead atoms. The summed E-state index contributed by atoms with van der Waals surface area (Å²) in [6.07, 6.45) is 2.49. The molecule has 0 fully saturated rings. The van der Waals surface area contributed by atoms with E-state index >= 15 is 0 Å². The minimum absolute atomic E-state index is 0.454. The molecule has 0 saturated carbocycles. The molecule has 5 rings (SSSR count). The topological polar surface area (TPSA) is 39.9 Å². The number of hydrogen-bond donors (Lipinski definition) is 0. The number of rotatable bonds is 7. The number of pyridine rings is 1. The monoisotopic (exact) mass is 417 g/mol. The van der Waals surface area contributed by atoms with E-state index in [4.69, 9.17) is 9.84 Å². The van der Waals surface area contributed by atoms with Crippen LogP contribution in [0.2, 0.25) is 0 Å². The van der Waals surface area contributed by atoms with Crippen molar-refractivity contribution in [1.82, 2.24) is 14.8 Å². The van der Waals surface area contributed by atoms with Crippen molar-refractivity contribution in [3.63, 3.8) is 0 Å². The molecule has 0 saturated heterocycles. The largest absolute Gasteiger partial charge is 0.472 e. The summed E-state index contributed by atoms with van der Waals surface area (Å²) in [5, 5.41) is 4.99. The van der Waals surface area contributed by atoms with Crippen molar-refractivity contribution < 1.29 is 4.74 Å². The Balaban J connectivity index is 1.65. The van der Waals surface area contributed by atoms with Gasteiger partial charge in [0, 0.05) is 23.7 Å². The smallest absolute Gasteiger partial charge is 0.222 e. The second-order valence-electron chi connectivity index (χ2n) is 7.53. The zero-order valence-electron chi connectivity index (χ0n) is 17.6. The summed E-state index contributed by atoms with van der Waals surface area (Å²) >= 11 is 0. The molecule has 2 aromatic heterocycles. The maximum Gasteiger partial charge on any atom is 0.222 e. The van der Waals surface area contributed by atoms with E-state index in [9.17, 15) is 0 Å². The lowest BCUT2D eigenvalue weighted by atomic mass is 10.0. The summed E-state index contributed by atoms with van der Waals surface area (Å²) in [4.78, 5) is 4.54. The van der Waals surface area contributed by atoms with Gasteiger partial charge in [-0.1, -0.05) is 97.1 Å². The maximum atomic E-state index is 6.44. The van der Waals surface area contributed by atoms with E-state index in [2.05, 4.69) is 53.5 Å². The molecular formula is C28H23N3O. The highest BCUT2D eigenvalue weighted by Gasteiger charge is 2.22. The van der Waals surface area contributed by atoms with E-state index in [1.165, 1.54) is 5.56 Å². The number of benzene rings is 3. The van der Waals surface area contributed by atoms with Gasteiger partial charge in [0.1, 0.15) is 12.3 Å². The van der Waals surface area contributed by atoms with Gasteiger partial charge in [-0.3, -0.25) is 0 Å². The Hall–Kier alpha value is -4.18. The quantitative estimate of drug-likeness (QED) is 0.321. The normalized spacial score (nSPS) is 10.8. The van der Waals surface area contributed by atoms with Crippen LogP contribution < -0.4 is 4.74 Å². The Kier molecular flexibility index (Phi) is 5.75. The van der Waals surface area contributed by atoms with Crippen LogP contribution in [-0.2, 0) is 13.0 Å². The van der Waals surface area contributed by atoms with E-state index in [1.54, 1.807) is 6.20 Å². The first-order chi connectivity index (χ1) is 15.9. The predicted octanol–water partition coefficient (Wildman–Crippen LogP) is 6.10. The van der Waals surface area contributed by atoms with Gasteiger partial charge in [0.05, 0.1) is 0 Å². The summed E-state index contributed by atoms with van der Waals surface area (Å²) in [5.41, 5.74) is 5.31. The molecule has 0 unspecified atom stereocenters. The number of aromatic nitrogens is 3. The van der Waals surface area contributed by atoms with E-state index in [0.29, 0.717) is 13.0 Å². The summed E-state index contributed by atoms with van der Waals surface area (Å²) in [6, 6.07) is 36.7. The molecular weight excluding hydrogens is 394 g/mol. The molecule has 0 aliphatic heterocycles. The Morgan fingerprint density at radius 3 is 1.94 bits per heavy atom. The van der Waals surface area contributed by atoms with Crippen LogP contribution in [-0.4, -0.2) is 14.8 Å². The van der Waals surface area contributed by atoms with Gasteiger partial charge in [-0.2, -0.15) is 9.78 Å². The van der Waals surface area contributed by atoms with Crippen LogP contribution in [0, 0.1) is 0 Å². The summed E-state index contributed by atoms with van der Waals surface area (Å²) in [6.45, 7) is 0.454. The number of ether oxygens (including phenoxy) is 1. The van der Waals surface area contributed by atoms with Crippen molar-refractivity contribution in [2.24, 2.45) is 0 Å². The van der Waals surface area contributed by atoms with Gasteiger partial charge in [0.25, 0.3) is 0 Å². The average molecular weight is 418 g/mol. The second kappa shape index (κ2) is 9.31. The fourth-order valence-electron chi connectivity index (χ4n) is 3.73. The van der Waals surface area contributed by atoms with Crippen LogP contribution in [0.4, 0.5) is 0 Å². The van der Waals surface area contributed by atoms with E-state index < -0.39 is 0 Å². The Morgan fingerprint density at radius 2 is 1.28 bits per heavy atom. The van der Waals surface area contributed by atoms with Crippen LogP contribution in [0.15, 0.2) is 115 Å². The fraction of sp³-hybridized carbons (Fsp3) is 0.0714. The molecule has 3 aromatic carbocycles. The van der Waals surface area contributed by atoms with Gasteiger partial charge < -0.3 is 4.74 Å². The lowest BCUT2D eigenvalue weighted by Gasteiger charge is -2.12. The molecule has 0 radical (unpaired) electrons. The Labute approximate surface area is 187 Å². The third kappa shape index (κ3) is 4.30. The van der Waals surface area contributed by atoms with Crippen molar-refractivity contribution in [3.8, 4) is 23.0 Å². The maximum absolute atomic E-state index is 6.44. The van der Waals surface area contributed by atoms with Gasteiger partial charge in [0.2, 0.25) is 5.88 Å². The molecule has 4 nitrogen and oxygen atoms in total. The van der Waals surface area contributed by atoms with Crippen LogP contribution in [0.5, 0.6) is 5.88 Å². The van der Waals surface area contributed by atoms with Crippen LogP contribution >= 0.6 is 0 Å². The van der Waals surface area contributed by atoms with E-state index in [-0.39, 0.29) is 0 Å². The molecule has 2 heterocycles. The number of hydrogen-bond acceptors (Lipinski definition) is 3. The first-order valence-corrected chi connectivity index (χ1v) is 10.7. The fourth-order valence-corrected chi connectivity index (χ4v) is 3.73. The zero-order chi connectivity index (χ0) is 21.6. The lowest BCUT2D eigenvalue weighted by Crippen LogP contribution is -2.06. The molecule has 0 spiro atoms. The second-order valence-corrected chi connectivity index (χ2v) is 7.53. The standard InChI is InChI=1S/C28H23N3O/c1-4-12-22(13-5-1)20-25-27(24-16-8-3-9-17-24)30-31(26-18-10-11-19-29-26)28(25)32-21-23-14-6-2-7-15-23/h1-19H,20-21H2. The van der Waals surface area contributed by atoms with Gasteiger partial charge in [-0.05, 0) is 23.3 Å². The molecule has 5 aromatic rings. The van der Waals surface area contributed by atoms with Crippen LogP contribution in [0.25, 0.3) is 17.1 Å². The molecule has 0 amide bonds. The highest BCUT2D eigenvalue weighted by Crippen LogP contribution is 2.34. The predicted molar refractivity (Wildman–Crippen MR) is 127 cm³/mol. The molecule has 0 atom stereocenters. The molecule has 32 heavy (non-hydrogen) atoms. The van der Waals surface area contributed by atoms with Crippen LogP contribution in [0.3, 0.4) is 0 Å². The van der Waals surface area contributed by atoms with Crippen molar-refractivity contribution >= 4 is 0 Å². The summed E-state index contributed by atoms with van der Waals surface area (Å²) in [5.74, 6) is 1.45. The third-order valence-corrected chi connectivity index (χ3v) is 5.29. The highest BCUT2D eigenvalue weighted by molar-refractivity contribution is 5.67. The summed E-state index contributed by atoms with van der Waals surface area (Å²) < 4.78 is 8.27. The highest BCUT2D eigenvalue weighted by atomic mass is 16.5. The Morgan fingerprint density at radius 1 is 0.656 bits per heavy atom. The van der Waals surface area contributed by atoms with Gasteiger partial charge >= 0.3 is 0 Å².